The molecule has 1 aliphatic rings. The molecule has 1 aliphatic heterocycles. The summed E-state index contributed by atoms with van der Waals surface area (Å²) >= 11 is 8.79. The maximum Gasteiger partial charge on any atom is 0.337 e. The Morgan fingerprint density at radius 1 is 1.48 bits per heavy atom. The van der Waals surface area contributed by atoms with Gasteiger partial charge in [-0.25, -0.2) is 13.2 Å². The number of aromatic carboxylic acids is 1. The van der Waals surface area contributed by atoms with E-state index >= 15 is 0 Å². The molecule has 2 rings (SSSR count). The number of hydrogen-bond donors (Lipinski definition) is 2. The summed E-state index contributed by atoms with van der Waals surface area (Å²) in [5, 5.41) is 8.90. The van der Waals surface area contributed by atoms with E-state index in [2.05, 4.69) is 25.4 Å². The fourth-order valence-corrected chi connectivity index (χ4v) is 3.81. The van der Waals surface area contributed by atoms with E-state index in [9.17, 15) is 18.0 Å². The van der Waals surface area contributed by atoms with E-state index in [-0.39, 0.29) is 33.0 Å². The van der Waals surface area contributed by atoms with Gasteiger partial charge in [0, 0.05) is 10.9 Å². The highest BCUT2D eigenvalue weighted by Crippen LogP contribution is 2.30. The number of benzene rings is 1. The third kappa shape index (κ3) is 3.37. The first-order valence-corrected chi connectivity index (χ1v) is 8.29. The van der Waals surface area contributed by atoms with Crippen molar-refractivity contribution >= 4 is 49.5 Å². The average molecular weight is 399 g/mol. The summed E-state index contributed by atoms with van der Waals surface area (Å²) in [7, 11) is -4.07. The number of carboxylic acids is 1. The second-order valence-corrected chi connectivity index (χ2v) is 7.15. The molecule has 1 atom stereocenters. The van der Waals surface area contributed by atoms with Gasteiger partial charge < -0.3 is 9.84 Å². The highest BCUT2D eigenvalue weighted by atomic mass is 79.9. The molecule has 10 heteroatoms. The lowest BCUT2D eigenvalue weighted by atomic mass is 10.2. The molecule has 0 spiro atoms. The highest BCUT2D eigenvalue weighted by Gasteiger charge is 2.32. The zero-order valence-electron chi connectivity index (χ0n) is 10.3. The molecule has 114 valence electrons. The minimum Gasteiger partial charge on any atom is -0.478 e. The maximum absolute atomic E-state index is 12.2. The van der Waals surface area contributed by atoms with Crippen molar-refractivity contribution < 1.29 is 27.9 Å². The van der Waals surface area contributed by atoms with Gasteiger partial charge in [-0.05, 0) is 28.1 Å². The van der Waals surface area contributed by atoms with Crippen LogP contribution in [0.1, 0.15) is 16.8 Å². The van der Waals surface area contributed by atoms with Crippen LogP contribution in [-0.4, -0.2) is 38.1 Å². The second kappa shape index (κ2) is 5.91. The normalized spacial score (nSPS) is 18.6. The number of carboxylic acid groups (broad SMARTS) is 1. The number of rotatable bonds is 4. The molecule has 0 aromatic heterocycles. The molecular weight excluding hydrogens is 390 g/mol. The van der Waals surface area contributed by atoms with E-state index in [0.717, 1.165) is 12.1 Å². The van der Waals surface area contributed by atoms with Crippen molar-refractivity contribution in [2.24, 2.45) is 0 Å². The molecule has 1 saturated heterocycles. The fourth-order valence-electron chi connectivity index (χ4n) is 1.73. The molecule has 0 saturated carbocycles. The summed E-state index contributed by atoms with van der Waals surface area (Å²) < 4.78 is 31.4. The molecule has 0 aliphatic carbocycles. The lowest BCUT2D eigenvalue weighted by Crippen LogP contribution is -2.37. The van der Waals surface area contributed by atoms with E-state index in [0.29, 0.717) is 0 Å². The molecule has 0 amide bonds. The average Bonchev–Trinajstić information content (AvgIpc) is 2.77. The Morgan fingerprint density at radius 2 is 2.14 bits per heavy atom. The smallest absolute Gasteiger partial charge is 0.337 e. The predicted molar refractivity (Wildman–Crippen MR) is 75.8 cm³/mol. The van der Waals surface area contributed by atoms with E-state index < -0.39 is 28.0 Å². The second-order valence-electron chi connectivity index (χ2n) is 4.20. The van der Waals surface area contributed by atoms with Gasteiger partial charge in [-0.1, -0.05) is 11.6 Å². The summed E-state index contributed by atoms with van der Waals surface area (Å²) in [5.74, 6) is -2.02. The number of hydrogen-bond acceptors (Lipinski definition) is 5. The Hall–Kier alpha value is -1.16. The highest BCUT2D eigenvalue weighted by molar-refractivity contribution is 9.10. The molecule has 7 nitrogen and oxygen atoms in total. The predicted octanol–water partition coefficient (Wildman–Crippen LogP) is 1.39. The van der Waals surface area contributed by atoms with Crippen molar-refractivity contribution in [3.05, 3.63) is 27.2 Å². The topological polar surface area (TPSA) is 110 Å². The standard InChI is InChI=1S/C11H9BrClNO6S/c12-7-4-5(3-6(9(7)13)10(15)16)21(18,19)14-8-1-2-20-11(8)17/h3-4,8,14H,1-2H2,(H,15,16). The van der Waals surface area contributed by atoms with Crippen molar-refractivity contribution in [2.45, 2.75) is 17.4 Å². The van der Waals surface area contributed by atoms with Gasteiger partial charge in [0.05, 0.1) is 22.1 Å². The van der Waals surface area contributed by atoms with Crippen LogP contribution in [0.2, 0.25) is 5.02 Å². The Balaban J connectivity index is 2.40. The molecule has 1 aromatic carbocycles. The molecular formula is C11H9BrClNO6S. The molecule has 2 N–H and O–H groups in total. The van der Waals surface area contributed by atoms with Gasteiger partial charge in [-0.2, -0.15) is 4.72 Å². The van der Waals surface area contributed by atoms with Gasteiger partial charge in [0.25, 0.3) is 0 Å². The number of esters is 1. The number of nitrogens with one attached hydrogen (secondary N) is 1. The largest absolute Gasteiger partial charge is 0.478 e. The molecule has 0 radical (unpaired) electrons. The van der Waals surface area contributed by atoms with Gasteiger partial charge in [0.15, 0.2) is 0 Å². The maximum atomic E-state index is 12.2. The van der Waals surface area contributed by atoms with Gasteiger partial charge in [0.2, 0.25) is 10.0 Å². The molecule has 1 unspecified atom stereocenters. The third-order valence-corrected chi connectivity index (χ3v) is 5.49. The van der Waals surface area contributed by atoms with Crippen LogP contribution in [0.5, 0.6) is 0 Å². The summed E-state index contributed by atoms with van der Waals surface area (Å²) in [6.45, 7) is 0.136. The molecule has 1 aromatic rings. The van der Waals surface area contributed by atoms with Crippen LogP contribution in [0.15, 0.2) is 21.5 Å². The number of carbonyl (C=O) groups is 2. The van der Waals surface area contributed by atoms with Crippen molar-refractivity contribution in [3.8, 4) is 0 Å². The Morgan fingerprint density at radius 3 is 2.67 bits per heavy atom. The Labute approximate surface area is 133 Å². The zero-order chi connectivity index (χ0) is 15.8. The minimum absolute atomic E-state index is 0.110. The van der Waals surface area contributed by atoms with Crippen molar-refractivity contribution in [1.29, 1.82) is 0 Å². The quantitative estimate of drug-likeness (QED) is 0.742. The first-order chi connectivity index (χ1) is 9.72. The minimum atomic E-state index is -4.07. The first-order valence-electron chi connectivity index (χ1n) is 5.63. The summed E-state index contributed by atoms with van der Waals surface area (Å²) in [6.07, 6.45) is 0.221. The van der Waals surface area contributed by atoms with Gasteiger partial charge in [0.1, 0.15) is 6.04 Å². The molecule has 0 bridgehead atoms. The Kier molecular flexibility index (Phi) is 4.57. The summed E-state index contributed by atoms with van der Waals surface area (Å²) in [4.78, 5) is 22.1. The van der Waals surface area contributed by atoms with Crippen LogP contribution < -0.4 is 4.72 Å². The van der Waals surface area contributed by atoms with Gasteiger partial charge >= 0.3 is 11.9 Å². The zero-order valence-corrected chi connectivity index (χ0v) is 13.5. The molecule has 1 heterocycles. The Bertz CT molecular complexity index is 720. The van der Waals surface area contributed by atoms with Crippen LogP contribution in [-0.2, 0) is 19.6 Å². The van der Waals surface area contributed by atoms with E-state index in [4.69, 9.17) is 16.7 Å². The number of sulfonamides is 1. The lowest BCUT2D eigenvalue weighted by molar-refractivity contribution is -0.139. The van der Waals surface area contributed by atoms with Crippen LogP contribution >= 0.6 is 27.5 Å². The van der Waals surface area contributed by atoms with Crippen LogP contribution in [0.25, 0.3) is 0 Å². The van der Waals surface area contributed by atoms with Crippen molar-refractivity contribution in [2.75, 3.05) is 6.61 Å². The van der Waals surface area contributed by atoms with Crippen LogP contribution in [0, 0.1) is 0 Å². The SMILES string of the molecule is O=C(O)c1cc(S(=O)(=O)NC2CCOC2=O)cc(Br)c1Cl. The van der Waals surface area contributed by atoms with Crippen LogP contribution in [0.3, 0.4) is 0 Å². The third-order valence-electron chi connectivity index (χ3n) is 2.78. The van der Waals surface area contributed by atoms with Crippen molar-refractivity contribution in [1.82, 2.24) is 4.72 Å². The van der Waals surface area contributed by atoms with E-state index in [1.54, 1.807) is 0 Å². The van der Waals surface area contributed by atoms with Gasteiger partial charge in [-0.3, -0.25) is 4.79 Å². The monoisotopic (exact) mass is 397 g/mol. The summed E-state index contributed by atoms with van der Waals surface area (Å²) in [5.41, 5.74) is -0.361. The van der Waals surface area contributed by atoms with E-state index in [1.807, 2.05) is 0 Å². The van der Waals surface area contributed by atoms with Crippen molar-refractivity contribution in [3.63, 3.8) is 0 Å². The number of cyclic esters (lactones) is 1. The molecule has 21 heavy (non-hydrogen) atoms. The lowest BCUT2D eigenvalue weighted by Gasteiger charge is -2.11. The van der Waals surface area contributed by atoms with E-state index in [1.165, 1.54) is 0 Å². The number of ether oxygens (including phenoxy) is 1. The number of halogens is 2. The number of carbonyl (C=O) groups excluding carboxylic acids is 1. The first kappa shape index (κ1) is 16.2. The van der Waals surface area contributed by atoms with Gasteiger partial charge in [-0.15, -0.1) is 0 Å². The van der Waals surface area contributed by atoms with Crippen LogP contribution in [0.4, 0.5) is 0 Å². The fraction of sp³-hybridized carbons (Fsp3) is 0.273. The molecule has 1 fully saturated rings. The summed E-state index contributed by atoms with van der Waals surface area (Å²) in [6, 6.07) is 1.12.